The quantitative estimate of drug-likeness (QED) is 0.689. The van der Waals surface area contributed by atoms with Gasteiger partial charge in [0.25, 0.3) is 15.9 Å². The molecule has 2 N–H and O–H groups in total. The van der Waals surface area contributed by atoms with Gasteiger partial charge in [-0.1, -0.05) is 49.2 Å². The molecule has 0 saturated carbocycles. The largest absolute Gasteiger partial charge is 0.495 e. The summed E-state index contributed by atoms with van der Waals surface area (Å²) in [5.74, 6) is 0.146. The summed E-state index contributed by atoms with van der Waals surface area (Å²) in [7, 11) is -2.68. The molecule has 146 valence electrons. The van der Waals surface area contributed by atoms with Crippen LogP contribution in [0, 0.1) is 5.92 Å². The monoisotopic (exact) mass is 430 g/mol. The lowest BCUT2D eigenvalue weighted by molar-refractivity contribution is 0.0950. The Morgan fingerprint density at radius 2 is 1.78 bits per heavy atom. The second-order valence-corrected chi connectivity index (χ2v) is 8.56. The molecule has 6 nitrogen and oxygen atoms in total. The number of anilines is 1. The number of halogens is 2. The molecule has 0 unspecified atom stereocenters. The van der Waals surface area contributed by atoms with Gasteiger partial charge in [-0.2, -0.15) is 0 Å². The molecule has 2 aromatic rings. The summed E-state index contributed by atoms with van der Waals surface area (Å²) in [6.45, 7) is 4.40. The van der Waals surface area contributed by atoms with Crippen molar-refractivity contribution in [1.29, 1.82) is 0 Å². The number of hydrogen-bond acceptors (Lipinski definition) is 4. The molecule has 0 aliphatic rings. The van der Waals surface area contributed by atoms with E-state index >= 15 is 0 Å². The number of benzene rings is 2. The highest BCUT2D eigenvalue weighted by atomic mass is 35.5. The van der Waals surface area contributed by atoms with Crippen LogP contribution in [-0.2, 0) is 10.0 Å². The van der Waals surface area contributed by atoms with E-state index in [4.69, 9.17) is 27.9 Å². The van der Waals surface area contributed by atoms with E-state index in [1.165, 1.54) is 31.4 Å². The first-order valence-corrected chi connectivity index (χ1v) is 10.3. The third-order valence-corrected chi connectivity index (χ3v) is 5.99. The number of ether oxygens (including phenoxy) is 1. The fourth-order valence-electron chi connectivity index (χ4n) is 2.24. The Morgan fingerprint density at radius 3 is 2.41 bits per heavy atom. The molecule has 0 atom stereocenters. The molecule has 0 saturated heterocycles. The van der Waals surface area contributed by atoms with E-state index < -0.39 is 10.0 Å². The van der Waals surface area contributed by atoms with Crippen molar-refractivity contribution in [3.05, 3.63) is 52.0 Å². The second-order valence-electron chi connectivity index (χ2n) is 6.15. The van der Waals surface area contributed by atoms with Gasteiger partial charge < -0.3 is 10.1 Å². The fraction of sp³-hybridized carbons (Fsp3) is 0.278. The Hall–Kier alpha value is -1.96. The molecule has 0 spiro atoms. The fourth-order valence-corrected chi connectivity index (χ4v) is 4.16. The van der Waals surface area contributed by atoms with E-state index in [0.717, 1.165) is 0 Å². The van der Waals surface area contributed by atoms with E-state index in [2.05, 4.69) is 10.0 Å². The van der Waals surface area contributed by atoms with Crippen LogP contribution < -0.4 is 14.8 Å². The first-order valence-electron chi connectivity index (χ1n) is 8.09. The highest BCUT2D eigenvalue weighted by molar-refractivity contribution is 7.92. The van der Waals surface area contributed by atoms with E-state index in [1.807, 2.05) is 13.8 Å². The Bertz CT molecular complexity index is 946. The number of para-hydroxylation sites is 1. The minimum Gasteiger partial charge on any atom is -0.495 e. The molecule has 0 aromatic heterocycles. The summed E-state index contributed by atoms with van der Waals surface area (Å²) in [5, 5.41) is 2.59. The van der Waals surface area contributed by atoms with Crippen LogP contribution in [0.4, 0.5) is 5.69 Å². The average Bonchev–Trinajstić information content (AvgIpc) is 2.61. The van der Waals surface area contributed by atoms with E-state index in [1.54, 1.807) is 12.1 Å². The lowest BCUT2D eigenvalue weighted by Gasteiger charge is -2.15. The molecule has 9 heteroatoms. The predicted octanol–water partition coefficient (Wildman–Crippen LogP) is 4.19. The van der Waals surface area contributed by atoms with Crippen molar-refractivity contribution in [2.75, 3.05) is 18.4 Å². The Kier molecular flexibility index (Phi) is 6.97. The smallest absolute Gasteiger partial charge is 0.263 e. The number of sulfonamides is 1. The van der Waals surface area contributed by atoms with Gasteiger partial charge in [-0.25, -0.2) is 8.42 Å². The topological polar surface area (TPSA) is 84.5 Å². The molecule has 2 rings (SSSR count). The molecule has 0 fully saturated rings. The van der Waals surface area contributed by atoms with Crippen LogP contribution in [0.3, 0.4) is 0 Å². The average molecular weight is 431 g/mol. The van der Waals surface area contributed by atoms with E-state index in [9.17, 15) is 13.2 Å². The summed E-state index contributed by atoms with van der Waals surface area (Å²) < 4.78 is 33.0. The van der Waals surface area contributed by atoms with Gasteiger partial charge in [0.05, 0.1) is 23.4 Å². The van der Waals surface area contributed by atoms with Crippen molar-refractivity contribution >= 4 is 44.8 Å². The third-order valence-electron chi connectivity index (χ3n) is 3.61. The molecule has 1 amide bonds. The zero-order chi connectivity index (χ0) is 20.2. The van der Waals surface area contributed by atoms with Crippen molar-refractivity contribution < 1.29 is 17.9 Å². The summed E-state index contributed by atoms with van der Waals surface area (Å²) >= 11 is 12.2. The van der Waals surface area contributed by atoms with Gasteiger partial charge in [0, 0.05) is 6.54 Å². The van der Waals surface area contributed by atoms with Gasteiger partial charge in [-0.05, 0) is 30.2 Å². The standard InChI is InChI=1S/C18H20Cl2N2O4S/c1-11(2)10-21-18(23)12-6-4-5-7-13(12)22-27(24,25)15-9-8-14(26-3)16(19)17(15)20/h4-9,11,22H,10H2,1-3H3,(H,21,23). The van der Waals surface area contributed by atoms with Crippen molar-refractivity contribution in [1.82, 2.24) is 5.32 Å². The van der Waals surface area contributed by atoms with E-state index in [0.29, 0.717) is 6.54 Å². The maximum atomic E-state index is 12.8. The van der Waals surface area contributed by atoms with E-state index in [-0.39, 0.29) is 43.8 Å². The summed E-state index contributed by atoms with van der Waals surface area (Å²) in [6, 6.07) is 9.01. The van der Waals surface area contributed by atoms with Crippen LogP contribution >= 0.6 is 23.2 Å². The summed E-state index contributed by atoms with van der Waals surface area (Å²) in [4.78, 5) is 12.2. The first-order chi connectivity index (χ1) is 12.7. The van der Waals surface area contributed by atoms with Crippen LogP contribution in [-0.4, -0.2) is 28.0 Å². The van der Waals surface area contributed by atoms with Gasteiger partial charge in [0.2, 0.25) is 0 Å². The van der Waals surface area contributed by atoms with Crippen molar-refractivity contribution in [3.8, 4) is 5.75 Å². The molecular formula is C18H20Cl2N2O4S. The van der Waals surface area contributed by atoms with Crippen molar-refractivity contribution in [2.24, 2.45) is 5.92 Å². The van der Waals surface area contributed by atoms with Crippen LogP contribution in [0.15, 0.2) is 41.3 Å². The van der Waals surface area contributed by atoms with Gasteiger partial charge in [-0.15, -0.1) is 0 Å². The zero-order valence-electron chi connectivity index (χ0n) is 15.0. The second kappa shape index (κ2) is 8.82. The SMILES string of the molecule is COc1ccc(S(=O)(=O)Nc2ccccc2C(=O)NCC(C)C)c(Cl)c1Cl. The Balaban J connectivity index is 2.37. The predicted molar refractivity (Wildman–Crippen MR) is 107 cm³/mol. The molecule has 0 bridgehead atoms. The number of carbonyl (C=O) groups excluding carboxylic acids is 1. The Labute approximate surface area is 168 Å². The highest BCUT2D eigenvalue weighted by Crippen LogP contribution is 2.37. The Morgan fingerprint density at radius 1 is 1.11 bits per heavy atom. The van der Waals surface area contributed by atoms with Gasteiger partial charge in [0.15, 0.2) is 0 Å². The number of amides is 1. The molecule has 2 aromatic carbocycles. The lowest BCUT2D eigenvalue weighted by Crippen LogP contribution is -2.28. The molecule has 0 aliphatic heterocycles. The molecular weight excluding hydrogens is 411 g/mol. The highest BCUT2D eigenvalue weighted by Gasteiger charge is 2.24. The number of nitrogens with one attached hydrogen (secondary N) is 2. The van der Waals surface area contributed by atoms with Crippen LogP contribution in [0.2, 0.25) is 10.0 Å². The summed E-state index contributed by atoms with van der Waals surface area (Å²) in [6.07, 6.45) is 0. The maximum Gasteiger partial charge on any atom is 0.263 e. The van der Waals surface area contributed by atoms with Crippen LogP contribution in [0.1, 0.15) is 24.2 Å². The molecule has 0 radical (unpaired) electrons. The van der Waals surface area contributed by atoms with Gasteiger partial charge in [0.1, 0.15) is 15.7 Å². The van der Waals surface area contributed by atoms with Crippen LogP contribution in [0.5, 0.6) is 5.75 Å². The molecule has 0 heterocycles. The third kappa shape index (κ3) is 5.06. The minimum atomic E-state index is -4.08. The first kappa shape index (κ1) is 21.3. The summed E-state index contributed by atoms with van der Waals surface area (Å²) in [5.41, 5.74) is 0.346. The normalized spacial score (nSPS) is 11.3. The van der Waals surface area contributed by atoms with Crippen LogP contribution in [0.25, 0.3) is 0 Å². The number of hydrogen-bond donors (Lipinski definition) is 2. The minimum absolute atomic E-state index is 0.00926. The lowest BCUT2D eigenvalue weighted by atomic mass is 10.1. The van der Waals surface area contributed by atoms with Gasteiger partial charge >= 0.3 is 0 Å². The zero-order valence-corrected chi connectivity index (χ0v) is 17.4. The number of carbonyl (C=O) groups is 1. The molecule has 27 heavy (non-hydrogen) atoms. The van der Waals surface area contributed by atoms with Crippen molar-refractivity contribution in [2.45, 2.75) is 18.7 Å². The maximum absolute atomic E-state index is 12.8. The van der Waals surface area contributed by atoms with Crippen molar-refractivity contribution in [3.63, 3.8) is 0 Å². The molecule has 0 aliphatic carbocycles. The number of methoxy groups -OCH3 is 1. The number of rotatable bonds is 7. The van der Waals surface area contributed by atoms with Gasteiger partial charge in [-0.3, -0.25) is 9.52 Å².